The van der Waals surface area contributed by atoms with Crippen molar-refractivity contribution in [2.75, 3.05) is 11.9 Å². The third-order valence-corrected chi connectivity index (χ3v) is 3.69. The smallest absolute Gasteiger partial charge is 0.271 e. The molecule has 1 aromatic heterocycles. The molecule has 1 aliphatic rings. The highest BCUT2D eigenvalue weighted by molar-refractivity contribution is 5.92. The Hall–Kier alpha value is -1.65. The quantitative estimate of drug-likeness (QED) is 0.867. The summed E-state index contributed by atoms with van der Waals surface area (Å²) in [5, 5.41) is 6.23. The first-order valence-corrected chi connectivity index (χ1v) is 7.55. The normalized spacial score (nSPS) is 22.3. The van der Waals surface area contributed by atoms with Gasteiger partial charge in [0.15, 0.2) is 0 Å². The van der Waals surface area contributed by atoms with Crippen LogP contribution < -0.4 is 10.6 Å². The van der Waals surface area contributed by atoms with Gasteiger partial charge in [-0.1, -0.05) is 26.7 Å². The average Bonchev–Trinajstić information content (AvgIpc) is 2.45. The fraction of sp³-hybridized carbons (Fsp3) is 0.667. The summed E-state index contributed by atoms with van der Waals surface area (Å²) in [4.78, 5) is 20.6. The maximum absolute atomic E-state index is 12.2. The number of carbonyl (C=O) groups is 1. The number of hydrogen-bond donors (Lipinski definition) is 2. The average molecular weight is 276 g/mol. The number of nitrogens with zero attached hydrogens (tertiary/aromatic N) is 2. The summed E-state index contributed by atoms with van der Waals surface area (Å²) >= 11 is 0. The maximum atomic E-state index is 12.2. The predicted octanol–water partition coefficient (Wildman–Crippen LogP) is 2.61. The number of nitrogens with one attached hydrogen (secondary N) is 2. The van der Waals surface area contributed by atoms with Crippen LogP contribution in [0.4, 0.5) is 5.82 Å². The Morgan fingerprint density at radius 2 is 2.25 bits per heavy atom. The molecule has 0 radical (unpaired) electrons. The van der Waals surface area contributed by atoms with E-state index in [1.165, 1.54) is 19.0 Å². The first-order valence-electron chi connectivity index (χ1n) is 7.55. The van der Waals surface area contributed by atoms with Crippen molar-refractivity contribution in [1.82, 2.24) is 15.3 Å². The molecule has 1 aromatic rings. The van der Waals surface area contributed by atoms with Gasteiger partial charge in [-0.2, -0.15) is 0 Å². The van der Waals surface area contributed by atoms with Gasteiger partial charge in [0.2, 0.25) is 0 Å². The van der Waals surface area contributed by atoms with Crippen LogP contribution in [0, 0.1) is 5.92 Å². The van der Waals surface area contributed by atoms with Gasteiger partial charge in [0.1, 0.15) is 11.5 Å². The van der Waals surface area contributed by atoms with Gasteiger partial charge >= 0.3 is 0 Å². The zero-order chi connectivity index (χ0) is 14.4. The molecular formula is C15H24N4O. The number of amides is 1. The number of hydrogen-bond acceptors (Lipinski definition) is 4. The largest absolute Gasteiger partial charge is 0.369 e. The molecule has 0 aromatic carbocycles. The van der Waals surface area contributed by atoms with Crippen LogP contribution in [-0.4, -0.2) is 28.5 Å². The summed E-state index contributed by atoms with van der Waals surface area (Å²) in [6.07, 6.45) is 8.77. The van der Waals surface area contributed by atoms with Crippen molar-refractivity contribution in [2.24, 2.45) is 5.92 Å². The number of rotatable bonds is 5. The lowest BCUT2D eigenvalue weighted by Crippen LogP contribution is -2.38. The second kappa shape index (κ2) is 7.22. The minimum atomic E-state index is -0.114. The lowest BCUT2D eigenvalue weighted by atomic mass is 9.87. The fourth-order valence-corrected chi connectivity index (χ4v) is 2.64. The summed E-state index contributed by atoms with van der Waals surface area (Å²) < 4.78 is 0. The standard InChI is InChI=1S/C15H24N4O/c1-3-7-17-14-10-16-9-13(19-14)15(20)18-12-6-4-5-11(2)8-12/h9-12H,3-8H2,1-2H3,(H,17,19)(H,18,20). The lowest BCUT2D eigenvalue weighted by Gasteiger charge is -2.27. The lowest BCUT2D eigenvalue weighted by molar-refractivity contribution is 0.0916. The molecule has 1 heterocycles. The Morgan fingerprint density at radius 3 is 3.00 bits per heavy atom. The van der Waals surface area contributed by atoms with Crippen LogP contribution in [0.2, 0.25) is 0 Å². The molecule has 0 spiro atoms. The van der Waals surface area contributed by atoms with Crippen molar-refractivity contribution in [3.63, 3.8) is 0 Å². The minimum absolute atomic E-state index is 0.114. The van der Waals surface area contributed by atoms with E-state index < -0.39 is 0 Å². The third-order valence-electron chi connectivity index (χ3n) is 3.69. The van der Waals surface area contributed by atoms with Crippen molar-refractivity contribution >= 4 is 11.7 Å². The topological polar surface area (TPSA) is 66.9 Å². The minimum Gasteiger partial charge on any atom is -0.369 e. The van der Waals surface area contributed by atoms with Crippen molar-refractivity contribution in [2.45, 2.75) is 52.0 Å². The molecule has 20 heavy (non-hydrogen) atoms. The van der Waals surface area contributed by atoms with E-state index in [2.05, 4.69) is 34.4 Å². The zero-order valence-electron chi connectivity index (χ0n) is 12.4. The Balaban J connectivity index is 1.94. The van der Waals surface area contributed by atoms with Gasteiger partial charge in [0, 0.05) is 12.6 Å². The highest BCUT2D eigenvalue weighted by atomic mass is 16.1. The molecule has 5 heteroatoms. The predicted molar refractivity (Wildman–Crippen MR) is 79.7 cm³/mol. The van der Waals surface area contributed by atoms with E-state index in [-0.39, 0.29) is 11.9 Å². The summed E-state index contributed by atoms with van der Waals surface area (Å²) in [5.41, 5.74) is 0.393. The summed E-state index contributed by atoms with van der Waals surface area (Å²) in [6.45, 7) is 5.16. The van der Waals surface area contributed by atoms with Crippen LogP contribution in [0.3, 0.4) is 0 Å². The highest BCUT2D eigenvalue weighted by Crippen LogP contribution is 2.23. The van der Waals surface area contributed by atoms with Crippen molar-refractivity contribution in [3.8, 4) is 0 Å². The summed E-state index contributed by atoms with van der Waals surface area (Å²) in [7, 11) is 0. The molecule has 2 atom stereocenters. The molecule has 2 N–H and O–H groups in total. The molecule has 2 unspecified atom stereocenters. The van der Waals surface area contributed by atoms with Gasteiger partial charge in [-0.25, -0.2) is 4.98 Å². The van der Waals surface area contributed by atoms with E-state index in [1.807, 2.05) is 0 Å². The fourth-order valence-electron chi connectivity index (χ4n) is 2.64. The molecule has 0 bridgehead atoms. The van der Waals surface area contributed by atoms with Gasteiger partial charge in [0.05, 0.1) is 12.4 Å². The second-order valence-corrected chi connectivity index (χ2v) is 5.66. The second-order valence-electron chi connectivity index (χ2n) is 5.66. The van der Waals surface area contributed by atoms with Crippen LogP contribution in [0.25, 0.3) is 0 Å². The van der Waals surface area contributed by atoms with Gasteiger partial charge in [-0.3, -0.25) is 9.78 Å². The van der Waals surface area contributed by atoms with Crippen LogP contribution in [0.15, 0.2) is 12.4 Å². The molecular weight excluding hydrogens is 252 g/mol. The van der Waals surface area contributed by atoms with Gasteiger partial charge < -0.3 is 10.6 Å². The van der Waals surface area contributed by atoms with Crippen LogP contribution in [-0.2, 0) is 0 Å². The Kier molecular flexibility index (Phi) is 5.32. The molecule has 5 nitrogen and oxygen atoms in total. The molecule has 1 fully saturated rings. The van der Waals surface area contributed by atoms with Crippen molar-refractivity contribution in [3.05, 3.63) is 18.1 Å². The van der Waals surface area contributed by atoms with E-state index >= 15 is 0 Å². The van der Waals surface area contributed by atoms with Gasteiger partial charge in [-0.15, -0.1) is 0 Å². The SMILES string of the molecule is CCCNc1cncc(C(=O)NC2CCCC(C)C2)n1. The van der Waals surface area contributed by atoms with Crippen LogP contribution in [0.5, 0.6) is 0 Å². The van der Waals surface area contributed by atoms with Crippen molar-refractivity contribution in [1.29, 1.82) is 0 Å². The van der Waals surface area contributed by atoms with E-state index in [0.717, 1.165) is 25.8 Å². The summed E-state index contributed by atoms with van der Waals surface area (Å²) in [5.74, 6) is 1.24. The number of aromatic nitrogens is 2. The monoisotopic (exact) mass is 276 g/mol. The maximum Gasteiger partial charge on any atom is 0.271 e. The molecule has 1 amide bonds. The molecule has 110 valence electrons. The molecule has 1 aliphatic carbocycles. The zero-order valence-corrected chi connectivity index (χ0v) is 12.4. The molecule has 2 rings (SSSR count). The van der Waals surface area contributed by atoms with Crippen LogP contribution in [0.1, 0.15) is 56.4 Å². The van der Waals surface area contributed by atoms with Gasteiger partial charge in [0.25, 0.3) is 5.91 Å². The van der Waals surface area contributed by atoms with E-state index in [0.29, 0.717) is 17.4 Å². The Bertz CT molecular complexity index is 449. The Morgan fingerprint density at radius 1 is 1.40 bits per heavy atom. The number of anilines is 1. The molecule has 0 aliphatic heterocycles. The first-order chi connectivity index (χ1) is 9.69. The number of carbonyl (C=O) groups excluding carboxylic acids is 1. The van der Waals surface area contributed by atoms with Crippen molar-refractivity contribution < 1.29 is 4.79 Å². The Labute approximate surface area is 120 Å². The first kappa shape index (κ1) is 14.8. The van der Waals surface area contributed by atoms with E-state index in [4.69, 9.17) is 0 Å². The summed E-state index contributed by atoms with van der Waals surface area (Å²) in [6, 6.07) is 0.278. The molecule has 0 saturated heterocycles. The molecule has 1 saturated carbocycles. The third kappa shape index (κ3) is 4.18. The van der Waals surface area contributed by atoms with E-state index in [9.17, 15) is 4.79 Å². The van der Waals surface area contributed by atoms with Gasteiger partial charge in [-0.05, 0) is 25.2 Å². The van der Waals surface area contributed by atoms with E-state index in [1.54, 1.807) is 6.20 Å². The van der Waals surface area contributed by atoms with Crippen LogP contribution >= 0.6 is 0 Å². The highest BCUT2D eigenvalue weighted by Gasteiger charge is 2.21.